The maximum absolute atomic E-state index is 3.93. The number of benzene rings is 1. The third-order valence-electron chi connectivity index (χ3n) is 3.29. The number of rotatable bonds is 4. The minimum Gasteiger partial charge on any atom is -0.379 e. The Morgan fingerprint density at radius 2 is 1.84 bits per heavy atom. The molecular formula is C14H21N5. The van der Waals surface area contributed by atoms with Gasteiger partial charge in [-0.1, -0.05) is 5.21 Å². The maximum atomic E-state index is 3.93. The van der Waals surface area contributed by atoms with Gasteiger partial charge in [0.2, 0.25) is 0 Å². The number of anilines is 2. The number of aromatic nitrogens is 3. The van der Waals surface area contributed by atoms with E-state index in [0.717, 1.165) is 12.2 Å². The van der Waals surface area contributed by atoms with E-state index in [2.05, 4.69) is 60.6 Å². The molecule has 0 spiro atoms. The summed E-state index contributed by atoms with van der Waals surface area (Å²) in [5.41, 5.74) is 5.97. The average Bonchev–Trinajstić information content (AvgIpc) is 2.73. The van der Waals surface area contributed by atoms with Crippen molar-refractivity contribution >= 4 is 11.4 Å². The first kappa shape index (κ1) is 13.4. The predicted molar refractivity (Wildman–Crippen MR) is 78.6 cm³/mol. The molecule has 5 nitrogen and oxygen atoms in total. The largest absolute Gasteiger partial charge is 0.379 e. The summed E-state index contributed by atoms with van der Waals surface area (Å²) >= 11 is 0. The Morgan fingerprint density at radius 3 is 2.32 bits per heavy atom. The predicted octanol–water partition coefficient (Wildman–Crippen LogP) is 2.11. The van der Waals surface area contributed by atoms with Crippen molar-refractivity contribution in [3.8, 4) is 0 Å². The van der Waals surface area contributed by atoms with Crippen LogP contribution in [-0.4, -0.2) is 29.1 Å². The smallest absolute Gasteiger partial charge is 0.0774 e. The molecule has 19 heavy (non-hydrogen) atoms. The highest BCUT2D eigenvalue weighted by Crippen LogP contribution is 2.26. The molecule has 0 unspecified atom stereocenters. The summed E-state index contributed by atoms with van der Waals surface area (Å²) in [4.78, 5) is 2.12. The van der Waals surface area contributed by atoms with Crippen molar-refractivity contribution in [2.24, 2.45) is 7.05 Å². The van der Waals surface area contributed by atoms with Crippen LogP contribution in [0.15, 0.2) is 18.3 Å². The van der Waals surface area contributed by atoms with Crippen LogP contribution in [-0.2, 0) is 13.6 Å². The molecule has 1 N–H and O–H groups in total. The van der Waals surface area contributed by atoms with E-state index in [1.165, 1.54) is 22.5 Å². The molecule has 0 saturated carbocycles. The fourth-order valence-electron chi connectivity index (χ4n) is 2.13. The van der Waals surface area contributed by atoms with Gasteiger partial charge >= 0.3 is 0 Å². The Kier molecular flexibility index (Phi) is 3.74. The zero-order chi connectivity index (χ0) is 14.0. The molecule has 0 aliphatic rings. The molecule has 102 valence electrons. The second-order valence-electron chi connectivity index (χ2n) is 5.05. The van der Waals surface area contributed by atoms with Crippen molar-refractivity contribution in [2.75, 3.05) is 24.3 Å². The van der Waals surface area contributed by atoms with Crippen LogP contribution >= 0.6 is 0 Å². The summed E-state index contributed by atoms with van der Waals surface area (Å²) in [7, 11) is 6.02. The van der Waals surface area contributed by atoms with Gasteiger partial charge in [0.1, 0.15) is 0 Å². The second kappa shape index (κ2) is 5.30. The fraction of sp³-hybridized carbons (Fsp3) is 0.429. The van der Waals surface area contributed by atoms with Gasteiger partial charge < -0.3 is 10.2 Å². The van der Waals surface area contributed by atoms with Gasteiger partial charge in [0.05, 0.1) is 18.4 Å². The first-order chi connectivity index (χ1) is 8.99. The summed E-state index contributed by atoms with van der Waals surface area (Å²) < 4.78 is 1.78. The third kappa shape index (κ3) is 2.86. The molecule has 1 heterocycles. The van der Waals surface area contributed by atoms with Gasteiger partial charge in [0.25, 0.3) is 0 Å². The number of nitrogens with zero attached hydrogens (tertiary/aromatic N) is 4. The van der Waals surface area contributed by atoms with E-state index < -0.39 is 0 Å². The van der Waals surface area contributed by atoms with Crippen LogP contribution in [0.5, 0.6) is 0 Å². The average molecular weight is 259 g/mol. The molecule has 0 saturated heterocycles. The Hall–Kier alpha value is -2.04. The molecule has 0 aliphatic carbocycles. The van der Waals surface area contributed by atoms with Crippen molar-refractivity contribution < 1.29 is 0 Å². The van der Waals surface area contributed by atoms with Gasteiger partial charge in [0.15, 0.2) is 0 Å². The SMILES string of the molecule is Cc1cc(N(C)C)cc(C)c1NCc1cnnn1C. The molecule has 0 atom stereocenters. The molecule has 0 bridgehead atoms. The Balaban J connectivity index is 2.19. The topological polar surface area (TPSA) is 46.0 Å². The van der Waals surface area contributed by atoms with E-state index in [-0.39, 0.29) is 0 Å². The Bertz CT molecular complexity index is 548. The molecule has 2 rings (SSSR count). The summed E-state index contributed by atoms with van der Waals surface area (Å²) in [6, 6.07) is 4.38. The molecule has 0 amide bonds. The van der Waals surface area contributed by atoms with Crippen LogP contribution in [0.3, 0.4) is 0 Å². The van der Waals surface area contributed by atoms with Crippen molar-refractivity contribution in [2.45, 2.75) is 20.4 Å². The van der Waals surface area contributed by atoms with E-state index in [1.54, 1.807) is 10.9 Å². The van der Waals surface area contributed by atoms with E-state index in [9.17, 15) is 0 Å². The lowest BCUT2D eigenvalue weighted by Crippen LogP contribution is -2.11. The van der Waals surface area contributed by atoms with Gasteiger partial charge in [-0.25, -0.2) is 0 Å². The highest BCUT2D eigenvalue weighted by atomic mass is 15.4. The van der Waals surface area contributed by atoms with Gasteiger partial charge in [-0.2, -0.15) is 0 Å². The van der Waals surface area contributed by atoms with Crippen LogP contribution in [0.25, 0.3) is 0 Å². The van der Waals surface area contributed by atoms with Crippen molar-refractivity contribution in [3.05, 3.63) is 35.2 Å². The summed E-state index contributed by atoms with van der Waals surface area (Å²) in [6.45, 7) is 4.99. The molecule has 0 fully saturated rings. The monoisotopic (exact) mass is 259 g/mol. The van der Waals surface area contributed by atoms with Crippen LogP contribution in [0.1, 0.15) is 16.8 Å². The minimum absolute atomic E-state index is 0.729. The lowest BCUT2D eigenvalue weighted by molar-refractivity contribution is 0.683. The van der Waals surface area contributed by atoms with Crippen molar-refractivity contribution in [1.82, 2.24) is 15.0 Å². The molecule has 5 heteroatoms. The molecule has 2 aromatic rings. The first-order valence-electron chi connectivity index (χ1n) is 6.35. The van der Waals surface area contributed by atoms with Crippen LogP contribution < -0.4 is 10.2 Å². The minimum atomic E-state index is 0.729. The highest BCUT2D eigenvalue weighted by Gasteiger charge is 2.07. The van der Waals surface area contributed by atoms with Gasteiger partial charge in [-0.15, -0.1) is 5.10 Å². The molecule has 1 aromatic heterocycles. The normalized spacial score (nSPS) is 10.6. The van der Waals surface area contributed by atoms with Gasteiger partial charge in [-0.05, 0) is 37.1 Å². The standard InChI is InChI=1S/C14H21N5/c1-10-6-12(18(3)4)7-11(2)14(10)15-8-13-9-16-17-19(13)5/h6-7,9,15H,8H2,1-5H3. The van der Waals surface area contributed by atoms with Gasteiger partial charge in [0, 0.05) is 32.5 Å². The number of nitrogens with one attached hydrogen (secondary N) is 1. The fourth-order valence-corrected chi connectivity index (χ4v) is 2.13. The lowest BCUT2D eigenvalue weighted by Gasteiger charge is -2.18. The second-order valence-corrected chi connectivity index (χ2v) is 5.05. The number of hydrogen-bond donors (Lipinski definition) is 1. The lowest BCUT2D eigenvalue weighted by atomic mass is 10.1. The van der Waals surface area contributed by atoms with Crippen LogP contribution in [0, 0.1) is 13.8 Å². The van der Waals surface area contributed by atoms with Crippen molar-refractivity contribution in [1.29, 1.82) is 0 Å². The third-order valence-corrected chi connectivity index (χ3v) is 3.29. The zero-order valence-electron chi connectivity index (χ0n) is 12.2. The number of aryl methyl sites for hydroxylation is 3. The zero-order valence-corrected chi connectivity index (χ0v) is 12.2. The Labute approximate surface area is 114 Å². The van der Waals surface area contributed by atoms with Crippen LogP contribution in [0.4, 0.5) is 11.4 Å². The molecular weight excluding hydrogens is 238 g/mol. The summed E-state index contributed by atoms with van der Waals surface area (Å²) in [6.07, 6.45) is 1.78. The molecule has 0 aliphatic heterocycles. The van der Waals surface area contributed by atoms with Crippen molar-refractivity contribution in [3.63, 3.8) is 0 Å². The highest BCUT2D eigenvalue weighted by molar-refractivity contribution is 5.64. The van der Waals surface area contributed by atoms with Gasteiger partial charge in [-0.3, -0.25) is 4.68 Å². The molecule has 1 aromatic carbocycles. The summed E-state index contributed by atoms with van der Waals surface area (Å²) in [5.74, 6) is 0. The van der Waals surface area contributed by atoms with E-state index in [0.29, 0.717) is 0 Å². The quantitative estimate of drug-likeness (QED) is 0.913. The maximum Gasteiger partial charge on any atom is 0.0774 e. The Morgan fingerprint density at radius 1 is 1.21 bits per heavy atom. The number of hydrogen-bond acceptors (Lipinski definition) is 4. The van der Waals surface area contributed by atoms with E-state index in [4.69, 9.17) is 0 Å². The van der Waals surface area contributed by atoms with E-state index >= 15 is 0 Å². The molecule has 0 radical (unpaired) electrons. The van der Waals surface area contributed by atoms with E-state index in [1.807, 2.05) is 7.05 Å². The first-order valence-corrected chi connectivity index (χ1v) is 6.35. The summed E-state index contributed by atoms with van der Waals surface area (Å²) in [5, 5.41) is 11.3. The van der Waals surface area contributed by atoms with Crippen LogP contribution in [0.2, 0.25) is 0 Å².